The van der Waals surface area contributed by atoms with Crippen molar-refractivity contribution in [2.75, 3.05) is 38.7 Å². The number of guanidine groups is 1. The highest BCUT2D eigenvalue weighted by Crippen LogP contribution is 2.26. The number of anilines is 1. The van der Waals surface area contributed by atoms with Gasteiger partial charge in [-0.15, -0.1) is 0 Å². The zero-order chi connectivity index (χ0) is 17.6. The quantitative estimate of drug-likeness (QED) is 0.621. The fourth-order valence-corrected chi connectivity index (χ4v) is 2.82. The van der Waals surface area contributed by atoms with E-state index in [1.165, 1.54) is 23.2 Å². The lowest BCUT2D eigenvalue weighted by Crippen LogP contribution is -2.45. The number of ether oxygens (including phenoxy) is 1. The molecule has 1 aromatic rings. The molecule has 0 aromatic heterocycles. The van der Waals surface area contributed by atoms with E-state index in [-0.39, 0.29) is 5.60 Å². The third-order valence-electron chi connectivity index (χ3n) is 4.49. The summed E-state index contributed by atoms with van der Waals surface area (Å²) in [6, 6.07) is 6.72. The van der Waals surface area contributed by atoms with Crippen LogP contribution in [0, 0.1) is 0 Å². The van der Waals surface area contributed by atoms with Crippen molar-refractivity contribution < 1.29 is 4.74 Å². The van der Waals surface area contributed by atoms with Crippen molar-refractivity contribution in [3.8, 4) is 0 Å². The zero-order valence-corrected chi connectivity index (χ0v) is 15.8. The predicted molar refractivity (Wildman–Crippen MR) is 102 cm³/mol. The van der Waals surface area contributed by atoms with Gasteiger partial charge in [0.15, 0.2) is 5.96 Å². The SMILES string of the molecule is CCNC(=NCc1ccc2c(c1)CCCN2C)NCC(C)(C)OC. The summed E-state index contributed by atoms with van der Waals surface area (Å²) in [7, 11) is 3.90. The van der Waals surface area contributed by atoms with E-state index in [1.807, 2.05) is 0 Å². The number of aliphatic imine (C=N–C) groups is 1. The van der Waals surface area contributed by atoms with E-state index >= 15 is 0 Å². The van der Waals surface area contributed by atoms with Crippen molar-refractivity contribution in [2.24, 2.45) is 4.99 Å². The predicted octanol–water partition coefficient (Wildman–Crippen LogP) is 2.55. The molecule has 0 atom stereocenters. The van der Waals surface area contributed by atoms with E-state index in [4.69, 9.17) is 9.73 Å². The number of benzene rings is 1. The molecule has 0 bridgehead atoms. The number of rotatable bonds is 6. The van der Waals surface area contributed by atoms with E-state index in [9.17, 15) is 0 Å². The fourth-order valence-electron chi connectivity index (χ4n) is 2.82. The average molecular weight is 332 g/mol. The molecular weight excluding hydrogens is 300 g/mol. The molecule has 0 amide bonds. The first kappa shape index (κ1) is 18.6. The second-order valence-corrected chi connectivity index (χ2v) is 7.00. The number of nitrogens with one attached hydrogen (secondary N) is 2. The molecule has 1 aliphatic rings. The molecule has 0 saturated carbocycles. The van der Waals surface area contributed by atoms with Gasteiger partial charge in [-0.2, -0.15) is 0 Å². The topological polar surface area (TPSA) is 48.9 Å². The number of hydrogen-bond donors (Lipinski definition) is 2. The number of methoxy groups -OCH3 is 1. The average Bonchev–Trinajstić information content (AvgIpc) is 2.57. The molecule has 1 aliphatic heterocycles. The Bertz CT molecular complexity index is 568. The van der Waals surface area contributed by atoms with Gasteiger partial charge >= 0.3 is 0 Å². The van der Waals surface area contributed by atoms with Crippen LogP contribution in [0.1, 0.15) is 38.3 Å². The lowest BCUT2D eigenvalue weighted by atomic mass is 10.00. The summed E-state index contributed by atoms with van der Waals surface area (Å²) in [6.07, 6.45) is 2.39. The van der Waals surface area contributed by atoms with Gasteiger partial charge in [-0.05, 0) is 50.8 Å². The molecule has 0 fully saturated rings. The van der Waals surface area contributed by atoms with Crippen LogP contribution >= 0.6 is 0 Å². The first-order chi connectivity index (χ1) is 11.4. The summed E-state index contributed by atoms with van der Waals surface area (Å²) < 4.78 is 5.45. The Morgan fingerprint density at radius 2 is 2.12 bits per heavy atom. The van der Waals surface area contributed by atoms with Crippen molar-refractivity contribution in [3.63, 3.8) is 0 Å². The molecule has 1 heterocycles. The van der Waals surface area contributed by atoms with Gasteiger partial charge in [0, 0.05) is 39.5 Å². The maximum atomic E-state index is 5.45. The minimum atomic E-state index is -0.216. The van der Waals surface area contributed by atoms with Crippen LogP contribution in [0.3, 0.4) is 0 Å². The largest absolute Gasteiger partial charge is 0.377 e. The van der Waals surface area contributed by atoms with Crippen LogP contribution in [0.2, 0.25) is 0 Å². The van der Waals surface area contributed by atoms with Gasteiger partial charge in [0.05, 0.1) is 12.1 Å². The van der Waals surface area contributed by atoms with E-state index in [0.29, 0.717) is 13.1 Å². The highest BCUT2D eigenvalue weighted by Gasteiger charge is 2.17. The third-order valence-corrected chi connectivity index (χ3v) is 4.49. The van der Waals surface area contributed by atoms with Crippen LogP contribution in [0.15, 0.2) is 23.2 Å². The van der Waals surface area contributed by atoms with Crippen LogP contribution in [-0.4, -0.2) is 45.4 Å². The maximum Gasteiger partial charge on any atom is 0.191 e. The molecule has 24 heavy (non-hydrogen) atoms. The molecular formula is C19H32N4O. The van der Waals surface area contributed by atoms with Crippen molar-refractivity contribution in [1.29, 1.82) is 0 Å². The van der Waals surface area contributed by atoms with Gasteiger partial charge < -0.3 is 20.3 Å². The summed E-state index contributed by atoms with van der Waals surface area (Å²) in [5, 5.41) is 6.65. The first-order valence-corrected chi connectivity index (χ1v) is 8.85. The Hall–Kier alpha value is -1.75. The summed E-state index contributed by atoms with van der Waals surface area (Å²) in [5.74, 6) is 0.831. The molecule has 0 saturated heterocycles. The van der Waals surface area contributed by atoms with Gasteiger partial charge in [0.25, 0.3) is 0 Å². The first-order valence-electron chi connectivity index (χ1n) is 8.85. The summed E-state index contributed by atoms with van der Waals surface area (Å²) in [4.78, 5) is 7.05. The van der Waals surface area contributed by atoms with Crippen molar-refractivity contribution in [2.45, 2.75) is 45.8 Å². The molecule has 0 radical (unpaired) electrons. The Morgan fingerprint density at radius 1 is 1.33 bits per heavy atom. The van der Waals surface area contributed by atoms with Gasteiger partial charge in [0.1, 0.15) is 0 Å². The van der Waals surface area contributed by atoms with E-state index in [0.717, 1.165) is 25.5 Å². The number of nitrogens with zero attached hydrogens (tertiary/aromatic N) is 2. The van der Waals surface area contributed by atoms with E-state index < -0.39 is 0 Å². The van der Waals surface area contributed by atoms with Crippen LogP contribution in [0.25, 0.3) is 0 Å². The highest BCUT2D eigenvalue weighted by atomic mass is 16.5. The van der Waals surface area contributed by atoms with E-state index in [1.54, 1.807) is 7.11 Å². The number of hydrogen-bond acceptors (Lipinski definition) is 3. The molecule has 0 spiro atoms. The molecule has 2 rings (SSSR count). The monoisotopic (exact) mass is 332 g/mol. The highest BCUT2D eigenvalue weighted by molar-refractivity contribution is 5.79. The lowest BCUT2D eigenvalue weighted by Gasteiger charge is -2.27. The fraction of sp³-hybridized carbons (Fsp3) is 0.632. The molecule has 0 unspecified atom stereocenters. The second kappa shape index (κ2) is 8.38. The van der Waals surface area contributed by atoms with Gasteiger partial charge in [-0.25, -0.2) is 4.99 Å². The Morgan fingerprint density at radius 3 is 2.83 bits per heavy atom. The van der Waals surface area contributed by atoms with Crippen LogP contribution < -0.4 is 15.5 Å². The minimum Gasteiger partial charge on any atom is -0.377 e. The van der Waals surface area contributed by atoms with Crippen molar-refractivity contribution in [1.82, 2.24) is 10.6 Å². The summed E-state index contributed by atoms with van der Waals surface area (Å²) in [5.41, 5.74) is 3.84. The van der Waals surface area contributed by atoms with Gasteiger partial charge in [-0.3, -0.25) is 0 Å². The van der Waals surface area contributed by atoms with Crippen LogP contribution in [0.4, 0.5) is 5.69 Å². The summed E-state index contributed by atoms with van der Waals surface area (Å²) >= 11 is 0. The maximum absolute atomic E-state index is 5.45. The minimum absolute atomic E-state index is 0.216. The normalized spacial score (nSPS) is 15.2. The van der Waals surface area contributed by atoms with Gasteiger partial charge in [-0.1, -0.05) is 12.1 Å². The number of aryl methyl sites for hydroxylation is 1. The third kappa shape index (κ3) is 5.13. The zero-order valence-electron chi connectivity index (χ0n) is 15.8. The molecule has 5 nitrogen and oxygen atoms in total. The Labute approximate surface area is 146 Å². The van der Waals surface area contributed by atoms with Crippen molar-refractivity contribution >= 4 is 11.6 Å². The molecule has 134 valence electrons. The van der Waals surface area contributed by atoms with E-state index in [2.05, 4.69) is 61.6 Å². The molecule has 0 aliphatic carbocycles. The Kier molecular flexibility index (Phi) is 6.49. The Balaban J connectivity index is 2.03. The molecule has 1 aromatic carbocycles. The summed E-state index contributed by atoms with van der Waals surface area (Å²) in [6.45, 7) is 9.58. The van der Waals surface area contributed by atoms with Gasteiger partial charge in [0.2, 0.25) is 0 Å². The second-order valence-electron chi connectivity index (χ2n) is 7.00. The van der Waals surface area contributed by atoms with Crippen LogP contribution in [-0.2, 0) is 17.7 Å². The molecule has 2 N–H and O–H groups in total. The molecule has 5 heteroatoms. The van der Waals surface area contributed by atoms with Crippen molar-refractivity contribution in [3.05, 3.63) is 29.3 Å². The standard InChI is InChI=1S/C19H32N4O/c1-6-20-18(22-14-19(2,3)24-5)21-13-15-9-10-17-16(12-15)8-7-11-23(17)4/h9-10,12H,6-8,11,13-14H2,1-5H3,(H2,20,21,22). The van der Waals surface area contributed by atoms with Crippen LogP contribution in [0.5, 0.6) is 0 Å². The smallest absolute Gasteiger partial charge is 0.191 e. The number of fused-ring (bicyclic) bond motifs is 1. The lowest BCUT2D eigenvalue weighted by molar-refractivity contribution is 0.0268.